The molecule has 0 aromatic heterocycles. The second-order valence-corrected chi connectivity index (χ2v) is 3.96. The second-order valence-electron chi connectivity index (χ2n) is 3.96. The molecule has 0 heterocycles. The zero-order chi connectivity index (χ0) is 10.8. The first-order chi connectivity index (χ1) is 7.16. The van der Waals surface area contributed by atoms with Crippen LogP contribution < -0.4 is 5.73 Å². The summed E-state index contributed by atoms with van der Waals surface area (Å²) in [6, 6.07) is 10.9. The predicted octanol–water partition coefficient (Wildman–Crippen LogP) is 2.87. The van der Waals surface area contributed by atoms with E-state index in [0.717, 1.165) is 17.2 Å². The third-order valence-electron chi connectivity index (χ3n) is 2.47. The molecule has 0 radical (unpaired) electrons. The molecule has 2 heteroatoms. The summed E-state index contributed by atoms with van der Waals surface area (Å²) in [6.45, 7) is 1.97. The van der Waals surface area contributed by atoms with Gasteiger partial charge in [-0.25, -0.2) is 4.39 Å². The lowest BCUT2D eigenvalue weighted by atomic mass is 10.00. The molecule has 0 saturated carbocycles. The number of nitrogens with two attached hydrogens (primary N) is 1. The summed E-state index contributed by atoms with van der Waals surface area (Å²) >= 11 is 0. The van der Waals surface area contributed by atoms with Gasteiger partial charge in [-0.2, -0.15) is 0 Å². The normalized spacial score (nSPS) is 13.0. The van der Waals surface area contributed by atoms with E-state index in [1.54, 1.807) is 6.07 Å². The van der Waals surface area contributed by atoms with Gasteiger partial charge in [0.05, 0.1) is 0 Å². The second kappa shape index (κ2) is 3.99. The maximum absolute atomic E-state index is 13.0. The van der Waals surface area contributed by atoms with Gasteiger partial charge in [-0.15, -0.1) is 0 Å². The van der Waals surface area contributed by atoms with Crippen molar-refractivity contribution in [3.63, 3.8) is 0 Å². The van der Waals surface area contributed by atoms with Crippen LogP contribution in [-0.2, 0) is 6.42 Å². The molecule has 2 N–H and O–H groups in total. The third-order valence-corrected chi connectivity index (χ3v) is 2.47. The molecule has 2 rings (SSSR count). The minimum absolute atomic E-state index is 0.126. The van der Waals surface area contributed by atoms with E-state index in [1.165, 1.54) is 11.6 Å². The molecule has 0 spiro atoms. The Morgan fingerprint density at radius 1 is 1.27 bits per heavy atom. The van der Waals surface area contributed by atoms with Gasteiger partial charge in [0.2, 0.25) is 0 Å². The van der Waals surface area contributed by atoms with Crippen LogP contribution in [0, 0.1) is 5.82 Å². The van der Waals surface area contributed by atoms with Crippen molar-refractivity contribution in [2.45, 2.75) is 19.4 Å². The van der Waals surface area contributed by atoms with E-state index in [0.29, 0.717) is 0 Å². The van der Waals surface area contributed by atoms with Crippen molar-refractivity contribution in [3.05, 3.63) is 47.8 Å². The van der Waals surface area contributed by atoms with Crippen LogP contribution >= 0.6 is 0 Å². The molecule has 1 atom stereocenters. The lowest BCUT2D eigenvalue weighted by Gasteiger charge is -2.08. The van der Waals surface area contributed by atoms with Gasteiger partial charge >= 0.3 is 0 Å². The molecule has 0 amide bonds. The molecule has 2 aromatic rings. The van der Waals surface area contributed by atoms with Crippen LogP contribution in [0.25, 0.3) is 10.8 Å². The SMILES string of the molecule is CC(N)Cc1cccc2cc(F)ccc12. The Bertz CT molecular complexity index is 477. The highest BCUT2D eigenvalue weighted by Gasteiger charge is 2.03. The Morgan fingerprint density at radius 2 is 2.07 bits per heavy atom. The van der Waals surface area contributed by atoms with Gasteiger partial charge in [0, 0.05) is 6.04 Å². The standard InChI is InChI=1S/C13H14FN/c1-9(15)7-10-3-2-4-11-8-12(14)5-6-13(10)11/h2-6,8-9H,7,15H2,1H3. The van der Waals surface area contributed by atoms with E-state index in [1.807, 2.05) is 31.2 Å². The zero-order valence-electron chi connectivity index (χ0n) is 8.70. The molecule has 78 valence electrons. The first-order valence-corrected chi connectivity index (χ1v) is 5.09. The van der Waals surface area contributed by atoms with E-state index in [9.17, 15) is 4.39 Å². The number of halogens is 1. The number of hydrogen-bond acceptors (Lipinski definition) is 1. The van der Waals surface area contributed by atoms with Gasteiger partial charge < -0.3 is 5.73 Å². The van der Waals surface area contributed by atoms with Crippen molar-refractivity contribution in [3.8, 4) is 0 Å². The first kappa shape index (κ1) is 10.1. The topological polar surface area (TPSA) is 26.0 Å². The average Bonchev–Trinajstić information content (AvgIpc) is 2.16. The van der Waals surface area contributed by atoms with Crippen molar-refractivity contribution in [1.82, 2.24) is 0 Å². The fourth-order valence-electron chi connectivity index (χ4n) is 1.85. The highest BCUT2D eigenvalue weighted by molar-refractivity contribution is 5.85. The van der Waals surface area contributed by atoms with E-state index in [2.05, 4.69) is 0 Å². The summed E-state index contributed by atoms with van der Waals surface area (Å²) in [5, 5.41) is 2.03. The van der Waals surface area contributed by atoms with Crippen molar-refractivity contribution in [1.29, 1.82) is 0 Å². The summed E-state index contributed by atoms with van der Waals surface area (Å²) in [6.07, 6.45) is 0.822. The molecule has 0 bridgehead atoms. The average molecular weight is 203 g/mol. The number of fused-ring (bicyclic) bond motifs is 1. The summed E-state index contributed by atoms with van der Waals surface area (Å²) in [4.78, 5) is 0. The molecule has 0 saturated heterocycles. The maximum Gasteiger partial charge on any atom is 0.123 e. The predicted molar refractivity (Wildman–Crippen MR) is 61.3 cm³/mol. The molecule has 0 aliphatic carbocycles. The fourth-order valence-corrected chi connectivity index (χ4v) is 1.85. The first-order valence-electron chi connectivity index (χ1n) is 5.09. The van der Waals surface area contributed by atoms with Crippen LogP contribution in [0.4, 0.5) is 4.39 Å². The molecular weight excluding hydrogens is 189 g/mol. The highest BCUT2D eigenvalue weighted by atomic mass is 19.1. The van der Waals surface area contributed by atoms with Crippen molar-refractivity contribution < 1.29 is 4.39 Å². The number of rotatable bonds is 2. The quantitative estimate of drug-likeness (QED) is 0.798. The van der Waals surface area contributed by atoms with Crippen molar-refractivity contribution in [2.24, 2.45) is 5.73 Å². The highest BCUT2D eigenvalue weighted by Crippen LogP contribution is 2.20. The molecule has 2 aromatic carbocycles. The van der Waals surface area contributed by atoms with Crippen LogP contribution in [0.5, 0.6) is 0 Å². The number of hydrogen-bond donors (Lipinski definition) is 1. The fraction of sp³-hybridized carbons (Fsp3) is 0.231. The smallest absolute Gasteiger partial charge is 0.123 e. The summed E-state index contributed by atoms with van der Waals surface area (Å²) in [5.41, 5.74) is 6.95. The zero-order valence-corrected chi connectivity index (χ0v) is 8.70. The molecule has 1 unspecified atom stereocenters. The van der Waals surface area contributed by atoms with Gasteiger partial charge in [0.15, 0.2) is 0 Å². The summed E-state index contributed by atoms with van der Waals surface area (Å²) in [7, 11) is 0. The Kier molecular flexibility index (Phi) is 2.69. The van der Waals surface area contributed by atoms with Gasteiger partial charge in [-0.3, -0.25) is 0 Å². The Morgan fingerprint density at radius 3 is 2.80 bits per heavy atom. The molecule has 0 aliphatic heterocycles. The number of benzene rings is 2. The van der Waals surface area contributed by atoms with E-state index < -0.39 is 0 Å². The minimum atomic E-state index is -0.194. The van der Waals surface area contributed by atoms with Crippen LogP contribution in [-0.4, -0.2) is 6.04 Å². The van der Waals surface area contributed by atoms with Gasteiger partial charge in [0.25, 0.3) is 0 Å². The molecule has 0 fully saturated rings. The Balaban J connectivity index is 2.56. The maximum atomic E-state index is 13.0. The van der Waals surface area contributed by atoms with Gasteiger partial charge in [-0.1, -0.05) is 24.3 Å². The van der Waals surface area contributed by atoms with Crippen LogP contribution in [0.1, 0.15) is 12.5 Å². The lowest BCUT2D eigenvalue weighted by Crippen LogP contribution is -2.17. The van der Waals surface area contributed by atoms with Gasteiger partial charge in [-0.05, 0) is 41.8 Å². The van der Waals surface area contributed by atoms with Crippen LogP contribution in [0.2, 0.25) is 0 Å². The van der Waals surface area contributed by atoms with Crippen molar-refractivity contribution in [2.75, 3.05) is 0 Å². The molecule has 1 nitrogen and oxygen atoms in total. The van der Waals surface area contributed by atoms with Crippen molar-refractivity contribution >= 4 is 10.8 Å². The summed E-state index contributed by atoms with van der Waals surface area (Å²) < 4.78 is 13.0. The summed E-state index contributed by atoms with van der Waals surface area (Å²) in [5.74, 6) is -0.194. The molecule has 15 heavy (non-hydrogen) atoms. The minimum Gasteiger partial charge on any atom is -0.328 e. The Labute approximate surface area is 88.7 Å². The van der Waals surface area contributed by atoms with Crippen LogP contribution in [0.3, 0.4) is 0 Å². The van der Waals surface area contributed by atoms with E-state index in [-0.39, 0.29) is 11.9 Å². The van der Waals surface area contributed by atoms with Crippen LogP contribution in [0.15, 0.2) is 36.4 Å². The monoisotopic (exact) mass is 203 g/mol. The Hall–Kier alpha value is -1.41. The lowest BCUT2D eigenvalue weighted by molar-refractivity contribution is 0.629. The molecular formula is C13H14FN. The molecule has 0 aliphatic rings. The van der Waals surface area contributed by atoms with E-state index >= 15 is 0 Å². The third kappa shape index (κ3) is 2.16. The van der Waals surface area contributed by atoms with E-state index in [4.69, 9.17) is 5.73 Å². The largest absolute Gasteiger partial charge is 0.328 e. The van der Waals surface area contributed by atoms with Gasteiger partial charge in [0.1, 0.15) is 5.82 Å².